The van der Waals surface area contributed by atoms with Gasteiger partial charge in [-0.3, -0.25) is 9.78 Å². The van der Waals surface area contributed by atoms with E-state index >= 15 is 4.39 Å². The molecule has 6 rings (SSSR count). The second-order valence-electron chi connectivity index (χ2n) is 10.6. The van der Waals surface area contributed by atoms with Crippen molar-refractivity contribution in [3.05, 3.63) is 66.1 Å². The second kappa shape index (κ2) is 8.32. The Hall–Kier alpha value is -2.59. The fraction of sp³-hybridized carbons (Fsp3) is 0.448. The highest BCUT2D eigenvalue weighted by molar-refractivity contribution is 5.94. The molecule has 2 aliphatic carbocycles. The van der Waals surface area contributed by atoms with Gasteiger partial charge in [0.2, 0.25) is 0 Å². The first-order valence-corrected chi connectivity index (χ1v) is 12.5. The van der Waals surface area contributed by atoms with Crippen LogP contribution in [0.1, 0.15) is 50.5 Å². The van der Waals surface area contributed by atoms with Gasteiger partial charge in [0.1, 0.15) is 11.6 Å². The van der Waals surface area contributed by atoms with Crippen molar-refractivity contribution in [3.8, 4) is 11.1 Å². The van der Waals surface area contributed by atoms with Crippen molar-refractivity contribution in [3.63, 3.8) is 0 Å². The zero-order chi connectivity index (χ0) is 22.4. The van der Waals surface area contributed by atoms with Gasteiger partial charge in [0.15, 0.2) is 0 Å². The predicted octanol–water partition coefficient (Wildman–Crippen LogP) is 6.10. The normalized spacial score (nSPS) is 27.8. The summed E-state index contributed by atoms with van der Waals surface area (Å²) in [5, 5.41) is 4.65. The molecule has 1 atom stereocenters. The third kappa shape index (κ3) is 4.10. The van der Waals surface area contributed by atoms with E-state index in [9.17, 15) is 4.79 Å². The number of benzene rings is 2. The number of ketones is 1. The highest BCUT2D eigenvalue weighted by atomic mass is 19.1. The van der Waals surface area contributed by atoms with Crippen LogP contribution in [0.25, 0.3) is 22.0 Å². The average molecular weight is 443 g/mol. The number of Topliss-reactive ketones (excluding diaryl/α,β-unsaturated/α-hetero) is 1. The quantitative estimate of drug-likeness (QED) is 0.531. The number of hydrogen-bond donors (Lipinski definition) is 1. The lowest BCUT2D eigenvalue weighted by atomic mass is 9.68. The van der Waals surface area contributed by atoms with Gasteiger partial charge in [0.25, 0.3) is 0 Å². The number of nitrogens with one attached hydrogen (secondary N) is 1. The van der Waals surface area contributed by atoms with E-state index < -0.39 is 0 Å². The molecule has 33 heavy (non-hydrogen) atoms. The minimum atomic E-state index is -0.108. The van der Waals surface area contributed by atoms with Crippen LogP contribution in [0.5, 0.6) is 0 Å². The molecule has 3 aromatic rings. The number of piperidine rings is 1. The van der Waals surface area contributed by atoms with Gasteiger partial charge in [-0.2, -0.15) is 0 Å². The fourth-order valence-corrected chi connectivity index (χ4v) is 6.30. The maximum absolute atomic E-state index is 15.2. The zero-order valence-electron chi connectivity index (χ0n) is 19.0. The number of nitrogens with zero attached hydrogens (tertiary/aromatic N) is 1. The molecule has 2 aromatic carbocycles. The molecule has 3 aliphatic rings. The van der Waals surface area contributed by atoms with Crippen molar-refractivity contribution in [1.82, 2.24) is 10.3 Å². The van der Waals surface area contributed by atoms with Crippen LogP contribution in [0.4, 0.5) is 4.39 Å². The smallest absolute Gasteiger partial charge is 0.150 e. The zero-order valence-corrected chi connectivity index (χ0v) is 19.0. The highest BCUT2D eigenvalue weighted by Crippen LogP contribution is 2.47. The first-order chi connectivity index (χ1) is 16.1. The molecule has 1 aliphatic heterocycles. The van der Waals surface area contributed by atoms with Gasteiger partial charge in [-0.05, 0) is 98.1 Å². The molecule has 4 heteroatoms. The molecule has 0 bridgehead atoms. The van der Waals surface area contributed by atoms with Gasteiger partial charge in [-0.1, -0.05) is 30.3 Å². The first kappa shape index (κ1) is 21.0. The summed E-state index contributed by atoms with van der Waals surface area (Å²) in [6.07, 6.45) is 10.5. The number of carbonyl (C=O) groups excluding carboxylic acids is 1. The molecule has 3 nitrogen and oxygen atoms in total. The molecule has 1 aromatic heterocycles. The third-order valence-electron chi connectivity index (χ3n) is 8.43. The predicted molar refractivity (Wildman–Crippen MR) is 129 cm³/mol. The molecule has 2 saturated carbocycles. The Bertz CT molecular complexity index is 1190. The Kier molecular flexibility index (Phi) is 5.29. The summed E-state index contributed by atoms with van der Waals surface area (Å²) in [6.45, 7) is 0.547. The van der Waals surface area contributed by atoms with Crippen molar-refractivity contribution in [2.45, 2.75) is 56.9 Å². The lowest BCUT2D eigenvalue weighted by Gasteiger charge is -2.46. The van der Waals surface area contributed by atoms with E-state index in [1.54, 1.807) is 12.3 Å². The largest absolute Gasteiger partial charge is 0.304 e. The van der Waals surface area contributed by atoms with E-state index in [0.29, 0.717) is 24.2 Å². The number of fused-ring (bicyclic) bond motifs is 1. The number of pyridine rings is 1. The third-order valence-corrected chi connectivity index (χ3v) is 8.43. The van der Waals surface area contributed by atoms with Crippen LogP contribution in [-0.4, -0.2) is 22.9 Å². The molecule has 3 fully saturated rings. The van der Waals surface area contributed by atoms with Crippen LogP contribution >= 0.6 is 0 Å². The Labute approximate surface area is 194 Å². The van der Waals surface area contributed by atoms with E-state index in [2.05, 4.69) is 16.4 Å². The molecule has 1 saturated heterocycles. The van der Waals surface area contributed by atoms with E-state index in [1.807, 2.05) is 36.4 Å². The van der Waals surface area contributed by atoms with E-state index in [-0.39, 0.29) is 17.3 Å². The van der Waals surface area contributed by atoms with Gasteiger partial charge in [0.05, 0.1) is 12.1 Å². The summed E-state index contributed by atoms with van der Waals surface area (Å²) < 4.78 is 15.2. The Balaban J connectivity index is 1.14. The van der Waals surface area contributed by atoms with Gasteiger partial charge in [-0.25, -0.2) is 4.39 Å². The lowest BCUT2D eigenvalue weighted by Crippen LogP contribution is -2.56. The summed E-state index contributed by atoms with van der Waals surface area (Å²) in [5.41, 5.74) is 3.81. The van der Waals surface area contributed by atoms with Crippen LogP contribution in [0.3, 0.4) is 0 Å². The molecule has 1 unspecified atom stereocenters. The van der Waals surface area contributed by atoms with Crippen molar-refractivity contribution >= 4 is 16.7 Å². The summed E-state index contributed by atoms with van der Waals surface area (Å²) in [7, 11) is 0. The van der Waals surface area contributed by atoms with E-state index in [4.69, 9.17) is 0 Å². The molecule has 1 N–H and O–H groups in total. The van der Waals surface area contributed by atoms with E-state index in [1.165, 1.54) is 12.8 Å². The summed E-state index contributed by atoms with van der Waals surface area (Å²) in [4.78, 5) is 16.8. The van der Waals surface area contributed by atoms with E-state index in [0.717, 1.165) is 66.1 Å². The van der Waals surface area contributed by atoms with Crippen molar-refractivity contribution < 1.29 is 9.18 Å². The van der Waals surface area contributed by atoms with Crippen LogP contribution in [0, 0.1) is 23.6 Å². The van der Waals surface area contributed by atoms with Crippen molar-refractivity contribution in [2.24, 2.45) is 17.8 Å². The number of aromatic nitrogens is 1. The van der Waals surface area contributed by atoms with Crippen molar-refractivity contribution in [1.29, 1.82) is 0 Å². The Morgan fingerprint density at radius 1 is 1.03 bits per heavy atom. The van der Waals surface area contributed by atoms with Gasteiger partial charge in [-0.15, -0.1) is 0 Å². The Morgan fingerprint density at radius 2 is 1.88 bits per heavy atom. The maximum Gasteiger partial charge on any atom is 0.150 e. The van der Waals surface area contributed by atoms with Crippen LogP contribution in [-0.2, 0) is 11.2 Å². The minimum Gasteiger partial charge on any atom is -0.304 e. The number of rotatable bonds is 4. The molecular weight excluding hydrogens is 411 g/mol. The van der Waals surface area contributed by atoms with Gasteiger partial charge in [0, 0.05) is 23.0 Å². The lowest BCUT2D eigenvalue weighted by molar-refractivity contribution is -0.126. The Morgan fingerprint density at radius 3 is 2.67 bits per heavy atom. The van der Waals surface area contributed by atoms with Crippen LogP contribution in [0.15, 0.2) is 54.7 Å². The first-order valence-electron chi connectivity index (χ1n) is 12.5. The summed E-state index contributed by atoms with van der Waals surface area (Å²) in [5.74, 6) is 1.77. The minimum absolute atomic E-state index is 0.108. The molecule has 2 heterocycles. The molecule has 0 radical (unpaired) electrons. The van der Waals surface area contributed by atoms with Gasteiger partial charge < -0.3 is 5.32 Å². The second-order valence-corrected chi connectivity index (χ2v) is 10.6. The van der Waals surface area contributed by atoms with Gasteiger partial charge >= 0.3 is 0 Å². The molecular formula is C29H31FN2O. The molecule has 0 amide bonds. The number of hydrogen-bond acceptors (Lipinski definition) is 3. The summed E-state index contributed by atoms with van der Waals surface area (Å²) >= 11 is 0. The topological polar surface area (TPSA) is 42.0 Å². The maximum atomic E-state index is 15.2. The summed E-state index contributed by atoms with van der Waals surface area (Å²) in [6, 6.07) is 15.7. The van der Waals surface area contributed by atoms with Crippen molar-refractivity contribution in [2.75, 3.05) is 6.54 Å². The SMILES string of the molecule is O=C1CNC2(CCC(Cc3ccc(-c4cccc5ncccc45)cc3F)CC2)CC1C1CC1. The number of halogens is 1. The highest BCUT2D eigenvalue weighted by Gasteiger charge is 2.47. The van der Waals surface area contributed by atoms with Crippen LogP contribution in [0.2, 0.25) is 0 Å². The standard InChI is InChI=1S/C29H31FN2O/c30-26-16-21(23-3-1-5-27-24(23)4-2-14-31-27)8-9-22(26)15-19-10-12-29(13-11-19)17-25(20-6-7-20)28(33)18-32-29/h1-5,8-9,14,16,19-20,25,32H,6-7,10-13,15,17-18H2. The molecule has 170 valence electrons. The average Bonchev–Trinajstić information content (AvgIpc) is 3.69. The number of carbonyl (C=O) groups is 1. The molecule has 1 spiro atoms. The van der Waals surface area contributed by atoms with Crippen LogP contribution < -0.4 is 5.32 Å². The monoisotopic (exact) mass is 442 g/mol. The fourth-order valence-electron chi connectivity index (χ4n) is 6.30.